The van der Waals surface area contributed by atoms with Gasteiger partial charge in [-0.2, -0.15) is 0 Å². The lowest BCUT2D eigenvalue weighted by Gasteiger charge is -2.10. The van der Waals surface area contributed by atoms with E-state index in [9.17, 15) is 0 Å². The van der Waals surface area contributed by atoms with Crippen LogP contribution < -0.4 is 5.32 Å². The summed E-state index contributed by atoms with van der Waals surface area (Å²) in [6, 6.07) is 8.25. The number of anilines is 1. The topological polar surface area (TPSA) is 47.0 Å². The van der Waals surface area contributed by atoms with Gasteiger partial charge in [-0.3, -0.25) is 0 Å². The van der Waals surface area contributed by atoms with Crippen LogP contribution in [0.25, 0.3) is 0 Å². The Bertz CT molecular complexity index is 531. The molecule has 2 aromatic rings. The van der Waals surface area contributed by atoms with E-state index in [4.69, 9.17) is 4.74 Å². The summed E-state index contributed by atoms with van der Waals surface area (Å²) >= 11 is 3.32. The Labute approximate surface area is 127 Å². The lowest BCUT2D eigenvalue weighted by molar-refractivity contribution is 0.121. The van der Waals surface area contributed by atoms with Gasteiger partial charge >= 0.3 is 0 Å². The molecule has 0 aliphatic rings. The molecule has 0 aliphatic carbocycles. The molecular weight excluding hydrogens is 318 g/mol. The number of nitrogens with one attached hydrogen (secondary N) is 1. The summed E-state index contributed by atoms with van der Waals surface area (Å²) in [7, 11) is 0. The zero-order valence-corrected chi connectivity index (χ0v) is 13.1. The van der Waals surface area contributed by atoms with Crippen molar-refractivity contribution in [3.8, 4) is 0 Å². The zero-order chi connectivity index (χ0) is 14.2. The van der Waals surface area contributed by atoms with Gasteiger partial charge < -0.3 is 10.1 Å². The highest BCUT2D eigenvalue weighted by Gasteiger charge is 2.03. The molecule has 2 rings (SSSR count). The van der Waals surface area contributed by atoms with Crippen LogP contribution >= 0.6 is 15.9 Å². The summed E-state index contributed by atoms with van der Waals surface area (Å²) in [4.78, 5) is 8.40. The summed E-state index contributed by atoms with van der Waals surface area (Å²) < 4.78 is 6.48. The third-order valence-corrected chi connectivity index (χ3v) is 3.19. The molecule has 0 unspecified atom stereocenters. The first kappa shape index (κ1) is 14.9. The van der Waals surface area contributed by atoms with Crippen LogP contribution in [0.1, 0.15) is 24.5 Å². The average Bonchev–Trinajstić information content (AvgIpc) is 2.48. The number of rotatable bonds is 7. The molecule has 0 atom stereocenters. The molecule has 1 aromatic heterocycles. The number of benzene rings is 1. The second-order valence-electron chi connectivity index (χ2n) is 4.40. The van der Waals surface area contributed by atoms with Crippen molar-refractivity contribution in [3.05, 3.63) is 52.3 Å². The Morgan fingerprint density at radius 2 is 1.85 bits per heavy atom. The standard InChI is InChI=1S/C15H18BrN3O/c1-2-7-20-11-13-6-4-3-5-12(13)8-17-15-18-9-14(16)10-19-15/h3-6,9-10H,2,7-8,11H2,1H3,(H,17,18,19). The van der Waals surface area contributed by atoms with E-state index in [0.717, 1.165) is 17.5 Å². The molecule has 1 aromatic carbocycles. The van der Waals surface area contributed by atoms with Crippen LogP contribution in [0.4, 0.5) is 5.95 Å². The smallest absolute Gasteiger partial charge is 0.222 e. The maximum Gasteiger partial charge on any atom is 0.222 e. The van der Waals surface area contributed by atoms with E-state index in [1.807, 2.05) is 12.1 Å². The van der Waals surface area contributed by atoms with E-state index in [2.05, 4.69) is 50.3 Å². The van der Waals surface area contributed by atoms with Gasteiger partial charge in [0.2, 0.25) is 5.95 Å². The minimum absolute atomic E-state index is 0.623. The Morgan fingerprint density at radius 1 is 1.15 bits per heavy atom. The molecule has 0 spiro atoms. The van der Waals surface area contributed by atoms with Gasteiger partial charge in [0.1, 0.15) is 0 Å². The Kier molecular flexibility index (Phi) is 5.95. The predicted octanol–water partition coefficient (Wildman–Crippen LogP) is 3.78. The van der Waals surface area contributed by atoms with Crippen LogP contribution in [0.2, 0.25) is 0 Å². The molecular formula is C15H18BrN3O. The Balaban J connectivity index is 1.96. The van der Waals surface area contributed by atoms with E-state index in [-0.39, 0.29) is 0 Å². The van der Waals surface area contributed by atoms with Gasteiger partial charge in [-0.05, 0) is 33.5 Å². The van der Waals surface area contributed by atoms with Gasteiger partial charge in [0.25, 0.3) is 0 Å². The number of hydrogen-bond donors (Lipinski definition) is 1. The monoisotopic (exact) mass is 335 g/mol. The second-order valence-corrected chi connectivity index (χ2v) is 5.32. The van der Waals surface area contributed by atoms with Crippen LogP contribution in [-0.2, 0) is 17.9 Å². The van der Waals surface area contributed by atoms with Crippen molar-refractivity contribution >= 4 is 21.9 Å². The van der Waals surface area contributed by atoms with Gasteiger partial charge in [0, 0.05) is 25.5 Å². The predicted molar refractivity (Wildman–Crippen MR) is 83.4 cm³/mol. The lowest BCUT2D eigenvalue weighted by atomic mass is 10.1. The molecule has 4 nitrogen and oxygen atoms in total. The van der Waals surface area contributed by atoms with Crippen molar-refractivity contribution in [1.29, 1.82) is 0 Å². The Hall–Kier alpha value is -1.46. The summed E-state index contributed by atoms with van der Waals surface area (Å²) in [6.45, 7) is 4.23. The Morgan fingerprint density at radius 3 is 2.55 bits per heavy atom. The number of aromatic nitrogens is 2. The van der Waals surface area contributed by atoms with E-state index < -0.39 is 0 Å². The number of halogens is 1. The van der Waals surface area contributed by atoms with Gasteiger partial charge in [-0.1, -0.05) is 31.2 Å². The number of ether oxygens (including phenoxy) is 1. The van der Waals surface area contributed by atoms with E-state index in [1.165, 1.54) is 11.1 Å². The first-order valence-corrected chi connectivity index (χ1v) is 7.45. The fraction of sp³-hybridized carbons (Fsp3) is 0.333. The molecule has 0 bridgehead atoms. The molecule has 5 heteroatoms. The van der Waals surface area contributed by atoms with Crippen LogP contribution in [0.15, 0.2) is 41.1 Å². The summed E-state index contributed by atoms with van der Waals surface area (Å²) in [6.07, 6.45) is 4.49. The summed E-state index contributed by atoms with van der Waals surface area (Å²) in [5.74, 6) is 0.623. The van der Waals surface area contributed by atoms with Crippen molar-refractivity contribution in [2.75, 3.05) is 11.9 Å². The molecule has 0 radical (unpaired) electrons. The third-order valence-electron chi connectivity index (χ3n) is 2.78. The molecule has 1 heterocycles. The fourth-order valence-corrected chi connectivity index (χ4v) is 1.98. The van der Waals surface area contributed by atoms with Crippen molar-refractivity contribution in [2.24, 2.45) is 0 Å². The van der Waals surface area contributed by atoms with E-state index in [1.54, 1.807) is 12.4 Å². The highest BCUT2D eigenvalue weighted by Crippen LogP contribution is 2.13. The minimum Gasteiger partial charge on any atom is -0.377 e. The van der Waals surface area contributed by atoms with Crippen LogP contribution in [0, 0.1) is 0 Å². The molecule has 0 saturated carbocycles. The van der Waals surface area contributed by atoms with Crippen molar-refractivity contribution in [3.63, 3.8) is 0 Å². The normalized spacial score (nSPS) is 10.5. The molecule has 0 aliphatic heterocycles. The second kappa shape index (κ2) is 7.97. The van der Waals surface area contributed by atoms with E-state index >= 15 is 0 Å². The molecule has 0 amide bonds. The van der Waals surface area contributed by atoms with Gasteiger partial charge in [-0.15, -0.1) is 0 Å². The van der Waals surface area contributed by atoms with E-state index in [0.29, 0.717) is 19.1 Å². The summed E-state index contributed by atoms with van der Waals surface area (Å²) in [5.41, 5.74) is 2.40. The average molecular weight is 336 g/mol. The maximum atomic E-state index is 5.61. The van der Waals surface area contributed by atoms with Crippen LogP contribution in [-0.4, -0.2) is 16.6 Å². The molecule has 0 fully saturated rings. The van der Waals surface area contributed by atoms with Gasteiger partial charge in [-0.25, -0.2) is 9.97 Å². The first-order valence-electron chi connectivity index (χ1n) is 6.65. The summed E-state index contributed by atoms with van der Waals surface area (Å²) in [5, 5.41) is 3.22. The van der Waals surface area contributed by atoms with Gasteiger partial charge in [0.05, 0.1) is 11.1 Å². The number of nitrogens with zero attached hydrogens (tertiary/aromatic N) is 2. The van der Waals surface area contributed by atoms with Crippen LogP contribution in [0.3, 0.4) is 0 Å². The highest BCUT2D eigenvalue weighted by atomic mass is 79.9. The third kappa shape index (κ3) is 4.58. The quantitative estimate of drug-likeness (QED) is 0.782. The SMILES string of the molecule is CCCOCc1ccccc1CNc1ncc(Br)cn1. The highest BCUT2D eigenvalue weighted by molar-refractivity contribution is 9.10. The lowest BCUT2D eigenvalue weighted by Crippen LogP contribution is -2.06. The maximum absolute atomic E-state index is 5.61. The van der Waals surface area contributed by atoms with Crippen molar-refractivity contribution in [2.45, 2.75) is 26.5 Å². The molecule has 0 saturated heterocycles. The zero-order valence-electron chi connectivity index (χ0n) is 11.5. The molecule has 1 N–H and O–H groups in total. The number of hydrogen-bond acceptors (Lipinski definition) is 4. The van der Waals surface area contributed by atoms with Crippen molar-refractivity contribution < 1.29 is 4.74 Å². The fourth-order valence-electron chi connectivity index (χ4n) is 1.78. The minimum atomic E-state index is 0.623. The largest absolute Gasteiger partial charge is 0.377 e. The van der Waals surface area contributed by atoms with Gasteiger partial charge in [0.15, 0.2) is 0 Å². The first-order chi connectivity index (χ1) is 9.79. The molecule has 106 valence electrons. The van der Waals surface area contributed by atoms with Crippen molar-refractivity contribution in [1.82, 2.24) is 9.97 Å². The molecule has 20 heavy (non-hydrogen) atoms. The van der Waals surface area contributed by atoms with Crippen LogP contribution in [0.5, 0.6) is 0 Å².